The molecule has 2 nitrogen and oxygen atoms in total. The number of nitrogens with one attached hydrogen (secondary N) is 1. The van der Waals surface area contributed by atoms with Crippen molar-refractivity contribution in [3.8, 4) is 0 Å². The molecular formula is C9H18N2. The molecule has 2 heterocycles. The van der Waals surface area contributed by atoms with Crippen molar-refractivity contribution in [1.82, 2.24) is 10.2 Å². The summed E-state index contributed by atoms with van der Waals surface area (Å²) in [6.45, 7) is 7.39. The van der Waals surface area contributed by atoms with Crippen molar-refractivity contribution in [3.63, 3.8) is 0 Å². The third-order valence-corrected chi connectivity index (χ3v) is 3.04. The molecule has 1 N–H and O–H groups in total. The van der Waals surface area contributed by atoms with E-state index in [2.05, 4.69) is 17.1 Å². The third kappa shape index (κ3) is 1.57. The highest BCUT2D eigenvalue weighted by molar-refractivity contribution is 4.95. The van der Waals surface area contributed by atoms with E-state index in [0.29, 0.717) is 0 Å². The second-order valence-corrected chi connectivity index (χ2v) is 3.76. The molecule has 0 bridgehead atoms. The maximum atomic E-state index is 3.47. The molecule has 2 aliphatic rings. The van der Waals surface area contributed by atoms with Gasteiger partial charge in [0.15, 0.2) is 0 Å². The van der Waals surface area contributed by atoms with Gasteiger partial charge in [-0.2, -0.15) is 0 Å². The van der Waals surface area contributed by atoms with Crippen LogP contribution in [0.1, 0.15) is 19.8 Å². The molecule has 2 fully saturated rings. The summed E-state index contributed by atoms with van der Waals surface area (Å²) in [5.41, 5.74) is 0. The Labute approximate surface area is 69.0 Å². The van der Waals surface area contributed by atoms with E-state index in [0.717, 1.165) is 12.0 Å². The predicted molar refractivity (Wildman–Crippen MR) is 46.6 cm³/mol. The summed E-state index contributed by atoms with van der Waals surface area (Å²) >= 11 is 0. The zero-order valence-electron chi connectivity index (χ0n) is 7.34. The zero-order valence-corrected chi connectivity index (χ0v) is 7.34. The molecule has 0 radical (unpaired) electrons. The van der Waals surface area contributed by atoms with Gasteiger partial charge >= 0.3 is 0 Å². The topological polar surface area (TPSA) is 15.0 Å². The van der Waals surface area contributed by atoms with Gasteiger partial charge in [-0.05, 0) is 38.4 Å². The lowest BCUT2D eigenvalue weighted by Crippen LogP contribution is -2.33. The minimum Gasteiger partial charge on any atom is -0.316 e. The monoisotopic (exact) mass is 154 g/mol. The fourth-order valence-electron chi connectivity index (χ4n) is 2.21. The molecule has 0 amide bonds. The van der Waals surface area contributed by atoms with E-state index in [1.54, 1.807) is 0 Å². The van der Waals surface area contributed by atoms with Crippen molar-refractivity contribution in [2.45, 2.75) is 25.8 Å². The normalized spacial score (nSPS) is 43.9. The smallest absolute Gasteiger partial charge is 0.0264 e. The van der Waals surface area contributed by atoms with Crippen LogP contribution in [0.4, 0.5) is 0 Å². The summed E-state index contributed by atoms with van der Waals surface area (Å²) in [6.07, 6.45) is 2.84. The van der Waals surface area contributed by atoms with Gasteiger partial charge in [0.25, 0.3) is 0 Å². The Balaban J connectivity index is 1.77. The Morgan fingerprint density at radius 2 is 2.45 bits per heavy atom. The molecule has 0 spiro atoms. The first kappa shape index (κ1) is 7.56. The lowest BCUT2D eigenvalue weighted by molar-refractivity contribution is 0.331. The summed E-state index contributed by atoms with van der Waals surface area (Å²) in [6, 6.07) is 0.938. The van der Waals surface area contributed by atoms with Crippen LogP contribution in [0.25, 0.3) is 0 Å². The van der Waals surface area contributed by atoms with E-state index in [1.165, 1.54) is 39.0 Å². The van der Waals surface area contributed by atoms with Crippen LogP contribution in [-0.4, -0.2) is 37.1 Å². The van der Waals surface area contributed by atoms with Crippen molar-refractivity contribution in [2.24, 2.45) is 5.92 Å². The van der Waals surface area contributed by atoms with Gasteiger partial charge in [-0.15, -0.1) is 0 Å². The van der Waals surface area contributed by atoms with Crippen LogP contribution in [0.2, 0.25) is 0 Å². The predicted octanol–water partition coefficient (Wildman–Crippen LogP) is 0.690. The molecular weight excluding hydrogens is 136 g/mol. The highest BCUT2D eigenvalue weighted by Gasteiger charge is 2.39. The van der Waals surface area contributed by atoms with Gasteiger partial charge in [0.1, 0.15) is 0 Å². The SMILES string of the molecule is CCN1CC1C1CCCNC1. The van der Waals surface area contributed by atoms with E-state index in [9.17, 15) is 0 Å². The van der Waals surface area contributed by atoms with Gasteiger partial charge in [-0.25, -0.2) is 0 Å². The van der Waals surface area contributed by atoms with Crippen LogP contribution >= 0.6 is 0 Å². The van der Waals surface area contributed by atoms with Crippen molar-refractivity contribution in [2.75, 3.05) is 26.2 Å². The zero-order chi connectivity index (χ0) is 7.68. The van der Waals surface area contributed by atoms with Crippen LogP contribution in [0.5, 0.6) is 0 Å². The van der Waals surface area contributed by atoms with Crippen LogP contribution in [0.15, 0.2) is 0 Å². The van der Waals surface area contributed by atoms with E-state index in [1.807, 2.05) is 0 Å². The number of hydrogen-bond donors (Lipinski definition) is 1. The standard InChI is InChI=1S/C9H18N2/c1-2-11-7-9(11)8-4-3-5-10-6-8/h8-10H,2-7H2,1H3. The molecule has 0 saturated carbocycles. The first-order valence-electron chi connectivity index (χ1n) is 4.86. The number of hydrogen-bond acceptors (Lipinski definition) is 2. The second kappa shape index (κ2) is 3.11. The number of likely N-dealkylation sites (N-methyl/N-ethyl adjacent to an activating group) is 1. The van der Waals surface area contributed by atoms with E-state index in [-0.39, 0.29) is 0 Å². The number of rotatable bonds is 2. The van der Waals surface area contributed by atoms with E-state index >= 15 is 0 Å². The lowest BCUT2D eigenvalue weighted by Gasteiger charge is -2.22. The molecule has 2 heteroatoms. The second-order valence-electron chi connectivity index (χ2n) is 3.76. The lowest BCUT2D eigenvalue weighted by atomic mass is 9.96. The van der Waals surface area contributed by atoms with Crippen molar-refractivity contribution < 1.29 is 0 Å². The minimum absolute atomic E-state index is 0.938. The largest absolute Gasteiger partial charge is 0.316 e. The number of piperidine rings is 1. The summed E-state index contributed by atoms with van der Waals surface area (Å²) < 4.78 is 0. The Kier molecular flexibility index (Phi) is 2.14. The minimum atomic E-state index is 0.938. The van der Waals surface area contributed by atoms with Gasteiger partial charge in [0.05, 0.1) is 0 Å². The quantitative estimate of drug-likeness (QED) is 0.589. The highest BCUT2D eigenvalue weighted by Crippen LogP contribution is 2.28. The molecule has 0 aromatic carbocycles. The maximum Gasteiger partial charge on any atom is 0.0264 e. The number of nitrogens with zero attached hydrogens (tertiary/aromatic N) is 1. The summed E-state index contributed by atoms with van der Waals surface area (Å²) in [5, 5.41) is 3.47. The molecule has 3 atom stereocenters. The Morgan fingerprint density at radius 1 is 1.55 bits per heavy atom. The Hall–Kier alpha value is -0.0800. The van der Waals surface area contributed by atoms with Crippen molar-refractivity contribution in [3.05, 3.63) is 0 Å². The van der Waals surface area contributed by atoms with Crippen LogP contribution < -0.4 is 5.32 Å². The molecule has 2 rings (SSSR count). The molecule has 0 aliphatic carbocycles. The van der Waals surface area contributed by atoms with Crippen LogP contribution in [0, 0.1) is 5.92 Å². The average Bonchev–Trinajstić information content (AvgIpc) is 2.85. The first-order chi connectivity index (χ1) is 5.42. The van der Waals surface area contributed by atoms with Gasteiger partial charge in [0, 0.05) is 12.6 Å². The Morgan fingerprint density at radius 3 is 3.00 bits per heavy atom. The van der Waals surface area contributed by atoms with Gasteiger partial charge < -0.3 is 5.32 Å². The van der Waals surface area contributed by atoms with E-state index in [4.69, 9.17) is 0 Å². The van der Waals surface area contributed by atoms with Crippen molar-refractivity contribution in [1.29, 1.82) is 0 Å². The summed E-state index contributed by atoms with van der Waals surface area (Å²) in [5.74, 6) is 0.962. The average molecular weight is 154 g/mol. The molecule has 0 aromatic heterocycles. The Bertz CT molecular complexity index is 130. The van der Waals surface area contributed by atoms with Crippen molar-refractivity contribution >= 4 is 0 Å². The van der Waals surface area contributed by atoms with Crippen LogP contribution in [-0.2, 0) is 0 Å². The molecule has 2 saturated heterocycles. The highest BCUT2D eigenvalue weighted by atomic mass is 15.3. The molecule has 0 aromatic rings. The molecule has 64 valence electrons. The van der Waals surface area contributed by atoms with Gasteiger partial charge in [0.2, 0.25) is 0 Å². The molecule has 11 heavy (non-hydrogen) atoms. The molecule has 2 aliphatic heterocycles. The van der Waals surface area contributed by atoms with E-state index < -0.39 is 0 Å². The fourth-order valence-corrected chi connectivity index (χ4v) is 2.21. The van der Waals surface area contributed by atoms with Gasteiger partial charge in [-0.1, -0.05) is 6.92 Å². The summed E-state index contributed by atoms with van der Waals surface area (Å²) in [7, 11) is 0. The first-order valence-corrected chi connectivity index (χ1v) is 4.86. The maximum absolute atomic E-state index is 3.47. The fraction of sp³-hybridized carbons (Fsp3) is 1.00. The third-order valence-electron chi connectivity index (χ3n) is 3.04. The van der Waals surface area contributed by atoms with Gasteiger partial charge in [-0.3, -0.25) is 4.90 Å². The van der Waals surface area contributed by atoms with Crippen LogP contribution in [0.3, 0.4) is 0 Å². The molecule has 3 unspecified atom stereocenters. The summed E-state index contributed by atoms with van der Waals surface area (Å²) in [4.78, 5) is 2.57.